The van der Waals surface area contributed by atoms with Gasteiger partial charge in [-0.1, -0.05) is 31.5 Å². The number of hydrogen-bond donors (Lipinski definition) is 0. The molecule has 0 aliphatic carbocycles. The summed E-state index contributed by atoms with van der Waals surface area (Å²) in [5.74, 6) is 0.746. The van der Waals surface area contributed by atoms with E-state index in [0.717, 1.165) is 62.3 Å². The van der Waals surface area contributed by atoms with Crippen molar-refractivity contribution in [3.05, 3.63) is 57.5 Å². The number of carbonyl (C=O) groups is 1. The average molecular weight is 557 g/mol. The number of aryl methyl sites for hydroxylation is 1. The van der Waals surface area contributed by atoms with Gasteiger partial charge in [-0.2, -0.15) is 0 Å². The molecule has 0 amide bonds. The number of nitrogens with zero attached hydrogens (tertiary/aromatic N) is 6. The Balaban J connectivity index is 1.36. The summed E-state index contributed by atoms with van der Waals surface area (Å²) < 4.78 is 10.1. The van der Waals surface area contributed by atoms with E-state index < -0.39 is 6.10 Å². The summed E-state index contributed by atoms with van der Waals surface area (Å²) >= 11 is 1.90. The van der Waals surface area contributed by atoms with E-state index in [2.05, 4.69) is 46.0 Å². The Labute approximate surface area is 233 Å². The molecule has 212 valence electrons. The van der Waals surface area contributed by atoms with Crippen LogP contribution >= 0.6 is 11.8 Å². The Morgan fingerprint density at radius 3 is 2.44 bits per heavy atom. The van der Waals surface area contributed by atoms with Gasteiger partial charge in [-0.05, 0) is 37.3 Å². The van der Waals surface area contributed by atoms with Gasteiger partial charge in [0.1, 0.15) is 6.10 Å². The molecule has 1 fully saturated rings. The van der Waals surface area contributed by atoms with E-state index in [0.29, 0.717) is 30.8 Å². The molecular weight excluding hydrogens is 516 g/mol. The third kappa shape index (κ3) is 7.61. The van der Waals surface area contributed by atoms with Gasteiger partial charge in [-0.15, -0.1) is 11.8 Å². The van der Waals surface area contributed by atoms with Gasteiger partial charge in [0.2, 0.25) is 0 Å². The van der Waals surface area contributed by atoms with Gasteiger partial charge in [-0.25, -0.2) is 9.78 Å². The van der Waals surface area contributed by atoms with Gasteiger partial charge in [-0.3, -0.25) is 23.6 Å². The number of piperazine rings is 1. The number of unbranched alkanes of at least 4 members (excludes halogenated alkanes) is 1. The molecule has 0 spiro atoms. The fraction of sp³-hybridized carbons (Fsp3) is 0.571. The quantitative estimate of drug-likeness (QED) is 0.180. The molecule has 1 unspecified atom stereocenters. The predicted octanol–water partition coefficient (Wildman–Crippen LogP) is 2.43. The molecule has 1 aromatic carbocycles. The summed E-state index contributed by atoms with van der Waals surface area (Å²) in [7, 11) is 1.49. The van der Waals surface area contributed by atoms with E-state index in [-0.39, 0.29) is 17.2 Å². The minimum Gasteiger partial charge on any atom is -0.459 e. The first-order valence-corrected chi connectivity index (χ1v) is 14.8. The van der Waals surface area contributed by atoms with E-state index in [1.807, 2.05) is 17.8 Å². The Bertz CT molecular complexity index is 1340. The Hall–Kier alpha value is -2.89. The summed E-state index contributed by atoms with van der Waals surface area (Å²) in [4.78, 5) is 48.2. The smallest absolute Gasteiger partial charge is 0.332 e. The van der Waals surface area contributed by atoms with Crippen LogP contribution < -0.4 is 11.2 Å². The lowest BCUT2D eigenvalue weighted by molar-refractivity contribution is -0.148. The number of esters is 1. The minimum atomic E-state index is -0.436. The second-order valence-electron chi connectivity index (χ2n) is 10.1. The van der Waals surface area contributed by atoms with Crippen molar-refractivity contribution in [2.24, 2.45) is 7.05 Å². The molecule has 11 heteroatoms. The average Bonchev–Trinajstić information content (AvgIpc) is 3.34. The molecule has 10 nitrogen and oxygen atoms in total. The number of hydrogen-bond acceptors (Lipinski definition) is 8. The Morgan fingerprint density at radius 1 is 1.03 bits per heavy atom. The SMILES string of the molecule is CCCCn1c(=O)n(C)c(=O)c2c1ncn2CC(CN1CCN(CCCSc2ccccc2)CC1)OC(C)=O. The van der Waals surface area contributed by atoms with Crippen molar-refractivity contribution in [3.8, 4) is 0 Å². The lowest BCUT2D eigenvalue weighted by Crippen LogP contribution is -2.49. The molecule has 1 saturated heterocycles. The maximum atomic E-state index is 13.0. The summed E-state index contributed by atoms with van der Waals surface area (Å²) in [5, 5.41) is 0. The zero-order chi connectivity index (χ0) is 27.8. The zero-order valence-corrected chi connectivity index (χ0v) is 24.1. The molecule has 1 aliphatic rings. The number of fused-ring (bicyclic) bond motifs is 1. The molecule has 0 saturated carbocycles. The molecule has 3 aromatic rings. The first kappa shape index (κ1) is 29.1. The van der Waals surface area contributed by atoms with Crippen LogP contribution in [-0.2, 0) is 29.7 Å². The highest BCUT2D eigenvalue weighted by Crippen LogP contribution is 2.18. The van der Waals surface area contributed by atoms with Gasteiger partial charge in [0.05, 0.1) is 12.9 Å². The Morgan fingerprint density at radius 2 is 1.74 bits per heavy atom. The van der Waals surface area contributed by atoms with Crippen molar-refractivity contribution in [1.29, 1.82) is 0 Å². The molecule has 1 aliphatic heterocycles. The van der Waals surface area contributed by atoms with Crippen molar-refractivity contribution in [2.75, 3.05) is 45.0 Å². The van der Waals surface area contributed by atoms with Crippen LogP contribution in [0.5, 0.6) is 0 Å². The highest BCUT2D eigenvalue weighted by molar-refractivity contribution is 7.99. The highest BCUT2D eigenvalue weighted by atomic mass is 32.2. The van der Waals surface area contributed by atoms with Crippen LogP contribution in [0.1, 0.15) is 33.1 Å². The van der Waals surface area contributed by atoms with Crippen molar-refractivity contribution in [3.63, 3.8) is 0 Å². The van der Waals surface area contributed by atoms with E-state index in [9.17, 15) is 14.4 Å². The van der Waals surface area contributed by atoms with E-state index in [1.165, 1.54) is 18.9 Å². The highest BCUT2D eigenvalue weighted by Gasteiger charge is 2.24. The van der Waals surface area contributed by atoms with Crippen LogP contribution in [0.4, 0.5) is 0 Å². The number of thioether (sulfide) groups is 1. The number of imidazole rings is 1. The lowest BCUT2D eigenvalue weighted by atomic mass is 10.2. The monoisotopic (exact) mass is 556 g/mol. The number of carbonyl (C=O) groups excluding carboxylic acids is 1. The topological polar surface area (TPSA) is 94.6 Å². The van der Waals surface area contributed by atoms with Gasteiger partial charge in [0.25, 0.3) is 5.56 Å². The van der Waals surface area contributed by atoms with Crippen molar-refractivity contribution in [1.82, 2.24) is 28.5 Å². The van der Waals surface area contributed by atoms with Crippen molar-refractivity contribution >= 4 is 28.9 Å². The molecule has 0 bridgehead atoms. The maximum absolute atomic E-state index is 13.0. The third-order valence-electron chi connectivity index (χ3n) is 7.12. The predicted molar refractivity (Wildman–Crippen MR) is 154 cm³/mol. The van der Waals surface area contributed by atoms with Crippen molar-refractivity contribution < 1.29 is 9.53 Å². The molecule has 0 radical (unpaired) electrons. The number of aromatic nitrogens is 4. The van der Waals surface area contributed by atoms with Gasteiger partial charge >= 0.3 is 11.7 Å². The zero-order valence-electron chi connectivity index (χ0n) is 23.3. The first-order valence-electron chi connectivity index (χ1n) is 13.8. The van der Waals surface area contributed by atoms with E-state index >= 15 is 0 Å². The fourth-order valence-corrected chi connectivity index (χ4v) is 5.88. The van der Waals surface area contributed by atoms with Crippen LogP contribution in [0.25, 0.3) is 11.2 Å². The lowest BCUT2D eigenvalue weighted by Gasteiger charge is -2.36. The van der Waals surface area contributed by atoms with Crippen LogP contribution in [0.15, 0.2) is 51.1 Å². The molecular formula is C28H40N6O4S. The summed E-state index contributed by atoms with van der Waals surface area (Å²) in [6, 6.07) is 10.5. The number of ether oxygens (including phenoxy) is 1. The van der Waals surface area contributed by atoms with Gasteiger partial charge in [0.15, 0.2) is 11.2 Å². The first-order chi connectivity index (χ1) is 18.9. The Kier molecular flexibility index (Phi) is 10.4. The fourth-order valence-electron chi connectivity index (χ4n) is 5.03. The third-order valence-corrected chi connectivity index (χ3v) is 8.22. The normalized spacial score (nSPS) is 15.6. The van der Waals surface area contributed by atoms with Crippen LogP contribution in [-0.4, -0.2) is 85.6 Å². The molecule has 1 atom stereocenters. The minimum absolute atomic E-state index is 0.300. The number of rotatable bonds is 13. The number of benzene rings is 1. The molecule has 0 N–H and O–H groups in total. The van der Waals surface area contributed by atoms with E-state index in [1.54, 1.807) is 15.5 Å². The summed E-state index contributed by atoms with van der Waals surface area (Å²) in [5.41, 5.74) is 0.000783. The molecule has 2 aromatic heterocycles. The molecule has 3 heterocycles. The van der Waals surface area contributed by atoms with Crippen LogP contribution in [0, 0.1) is 0 Å². The van der Waals surface area contributed by atoms with E-state index in [4.69, 9.17) is 4.74 Å². The maximum Gasteiger partial charge on any atom is 0.332 e. The molecule has 39 heavy (non-hydrogen) atoms. The van der Waals surface area contributed by atoms with Crippen LogP contribution in [0.3, 0.4) is 0 Å². The molecule has 4 rings (SSSR count). The standard InChI is InChI=1S/C28H40N6O4S/c1-4-5-13-34-26-25(27(36)30(3)28(34)37)33(21-29-26)20-23(38-22(2)35)19-32-16-14-31(15-17-32)12-9-18-39-24-10-7-6-8-11-24/h6-8,10-11,21,23H,4-5,9,12-20H2,1-3H3. The summed E-state index contributed by atoms with van der Waals surface area (Å²) in [6.45, 7) is 9.65. The second-order valence-corrected chi connectivity index (χ2v) is 11.3. The van der Waals surface area contributed by atoms with Gasteiger partial charge < -0.3 is 14.2 Å². The largest absolute Gasteiger partial charge is 0.459 e. The van der Waals surface area contributed by atoms with Crippen molar-refractivity contribution in [2.45, 2.75) is 57.2 Å². The summed E-state index contributed by atoms with van der Waals surface area (Å²) in [6.07, 6.45) is 4.02. The second kappa shape index (κ2) is 14.0. The van der Waals surface area contributed by atoms with Crippen LogP contribution in [0.2, 0.25) is 0 Å². The van der Waals surface area contributed by atoms with Gasteiger partial charge in [0, 0.05) is 58.1 Å².